The molecule has 0 spiro atoms. The first-order valence-electron chi connectivity index (χ1n) is 7.63. The van der Waals surface area contributed by atoms with E-state index < -0.39 is 11.9 Å². The first kappa shape index (κ1) is 18.2. The number of pyridine rings is 1. The third-order valence-electron chi connectivity index (χ3n) is 3.95. The number of amides is 1. The van der Waals surface area contributed by atoms with E-state index in [1.54, 1.807) is 20.2 Å². The Morgan fingerprint density at radius 1 is 1.27 bits per heavy atom. The summed E-state index contributed by atoms with van der Waals surface area (Å²) in [6, 6.07) is 6.12. The molecule has 3 aromatic rings. The molecule has 26 heavy (non-hydrogen) atoms. The van der Waals surface area contributed by atoms with Gasteiger partial charge in [0.2, 0.25) is 0 Å². The number of hydrogen-bond donors (Lipinski definition) is 1. The van der Waals surface area contributed by atoms with Crippen LogP contribution in [-0.2, 0) is 13.2 Å². The number of fused-ring (bicyclic) bond motifs is 1. The number of halogens is 4. The minimum absolute atomic E-state index is 0.166. The van der Waals surface area contributed by atoms with Crippen LogP contribution in [0.5, 0.6) is 0 Å². The molecule has 0 aliphatic rings. The summed E-state index contributed by atoms with van der Waals surface area (Å²) in [7, 11) is 1.69. The highest BCUT2D eigenvalue weighted by molar-refractivity contribution is 6.30. The Labute approximate surface area is 151 Å². The standard InChI is InChI=1S/C17H14ClF3N4O/c1-9(12-8-22-25(2)15(12)18)23-16(26)11-3-5-13-10(7-11)4-6-14(24-13)17(19,20)21/h3-9H,1-2H3,(H,23,26)/t9-/m1/s1. The highest BCUT2D eigenvalue weighted by atomic mass is 35.5. The average molecular weight is 383 g/mol. The summed E-state index contributed by atoms with van der Waals surface area (Å²) >= 11 is 6.11. The lowest BCUT2D eigenvalue weighted by molar-refractivity contribution is -0.140. The van der Waals surface area contributed by atoms with Gasteiger partial charge >= 0.3 is 6.18 Å². The summed E-state index contributed by atoms with van der Waals surface area (Å²) in [5, 5.41) is 7.67. The third kappa shape index (κ3) is 3.50. The topological polar surface area (TPSA) is 59.8 Å². The van der Waals surface area contributed by atoms with Crippen molar-refractivity contribution in [1.82, 2.24) is 20.1 Å². The lowest BCUT2D eigenvalue weighted by Crippen LogP contribution is -2.26. The van der Waals surface area contributed by atoms with Crippen LogP contribution < -0.4 is 5.32 Å². The molecule has 0 bridgehead atoms. The molecule has 1 aromatic carbocycles. The predicted octanol–water partition coefficient (Wildman–Crippen LogP) is 4.13. The molecule has 5 nitrogen and oxygen atoms in total. The summed E-state index contributed by atoms with van der Waals surface area (Å²) in [6.45, 7) is 1.76. The maximum atomic E-state index is 12.7. The molecule has 136 valence electrons. The monoisotopic (exact) mass is 382 g/mol. The molecule has 0 saturated heterocycles. The zero-order valence-electron chi connectivity index (χ0n) is 13.8. The van der Waals surface area contributed by atoms with Gasteiger partial charge in [-0.15, -0.1) is 0 Å². The van der Waals surface area contributed by atoms with E-state index in [9.17, 15) is 18.0 Å². The number of nitrogens with one attached hydrogen (secondary N) is 1. The summed E-state index contributed by atoms with van der Waals surface area (Å²) in [5.41, 5.74) is 0.174. The van der Waals surface area contributed by atoms with Gasteiger partial charge in [-0.1, -0.05) is 17.7 Å². The Kier molecular flexibility index (Phi) is 4.62. The SMILES string of the molecule is C[C@@H](NC(=O)c1ccc2nc(C(F)(F)F)ccc2c1)c1cnn(C)c1Cl. The molecule has 9 heteroatoms. The number of carbonyl (C=O) groups excluding carboxylic acids is 1. The van der Waals surface area contributed by atoms with Gasteiger partial charge in [0.25, 0.3) is 5.91 Å². The first-order chi connectivity index (χ1) is 12.2. The maximum Gasteiger partial charge on any atom is 0.433 e. The number of benzene rings is 1. The number of carbonyl (C=O) groups is 1. The molecular formula is C17H14ClF3N4O. The molecule has 2 heterocycles. The number of nitrogens with zero attached hydrogens (tertiary/aromatic N) is 3. The van der Waals surface area contributed by atoms with Crippen molar-refractivity contribution in [1.29, 1.82) is 0 Å². The normalized spacial score (nSPS) is 13.0. The zero-order valence-corrected chi connectivity index (χ0v) is 14.6. The molecule has 0 radical (unpaired) electrons. The minimum atomic E-state index is -4.51. The van der Waals surface area contributed by atoms with E-state index in [1.807, 2.05) is 0 Å². The molecule has 1 atom stereocenters. The van der Waals surface area contributed by atoms with Gasteiger partial charge < -0.3 is 5.32 Å². The first-order valence-corrected chi connectivity index (χ1v) is 8.01. The van der Waals surface area contributed by atoms with Crippen molar-refractivity contribution in [2.75, 3.05) is 0 Å². The summed E-state index contributed by atoms with van der Waals surface area (Å²) in [4.78, 5) is 16.0. The highest BCUT2D eigenvalue weighted by Crippen LogP contribution is 2.29. The fraction of sp³-hybridized carbons (Fsp3) is 0.235. The van der Waals surface area contributed by atoms with Crippen molar-refractivity contribution in [3.63, 3.8) is 0 Å². The van der Waals surface area contributed by atoms with Gasteiger partial charge in [0.1, 0.15) is 10.8 Å². The van der Waals surface area contributed by atoms with Gasteiger partial charge in [-0.25, -0.2) is 4.98 Å². The molecule has 3 rings (SSSR count). The molecular weight excluding hydrogens is 369 g/mol. The fourth-order valence-electron chi connectivity index (χ4n) is 2.51. The van der Waals surface area contributed by atoms with Crippen LogP contribution in [0.2, 0.25) is 5.15 Å². The van der Waals surface area contributed by atoms with Crippen molar-refractivity contribution in [2.45, 2.75) is 19.1 Å². The maximum absolute atomic E-state index is 12.7. The van der Waals surface area contributed by atoms with Crippen molar-refractivity contribution in [3.05, 3.63) is 58.5 Å². The van der Waals surface area contributed by atoms with E-state index in [4.69, 9.17) is 11.6 Å². The van der Waals surface area contributed by atoms with Crippen LogP contribution in [0.25, 0.3) is 10.9 Å². The van der Waals surface area contributed by atoms with E-state index >= 15 is 0 Å². The van der Waals surface area contributed by atoms with Gasteiger partial charge in [-0.05, 0) is 31.2 Å². The third-order valence-corrected chi connectivity index (χ3v) is 4.41. The van der Waals surface area contributed by atoms with Gasteiger partial charge in [0.15, 0.2) is 0 Å². The number of aryl methyl sites for hydroxylation is 1. The van der Waals surface area contributed by atoms with E-state index in [-0.39, 0.29) is 17.5 Å². The van der Waals surface area contributed by atoms with Gasteiger partial charge in [-0.2, -0.15) is 18.3 Å². The molecule has 0 unspecified atom stereocenters. The Morgan fingerprint density at radius 2 is 2.00 bits per heavy atom. The molecule has 2 aromatic heterocycles. The van der Waals surface area contributed by atoms with E-state index in [1.165, 1.54) is 28.9 Å². The molecule has 0 fully saturated rings. The second-order valence-electron chi connectivity index (χ2n) is 5.81. The quantitative estimate of drug-likeness (QED) is 0.741. The van der Waals surface area contributed by atoms with Crippen LogP contribution in [0.1, 0.15) is 34.6 Å². The number of aromatic nitrogens is 3. The second-order valence-corrected chi connectivity index (χ2v) is 6.17. The molecule has 0 saturated carbocycles. The lowest BCUT2D eigenvalue weighted by atomic mass is 10.1. The van der Waals surface area contributed by atoms with Crippen LogP contribution in [0.15, 0.2) is 36.5 Å². The largest absolute Gasteiger partial charge is 0.433 e. The smallest absolute Gasteiger partial charge is 0.345 e. The summed E-state index contributed by atoms with van der Waals surface area (Å²) in [6.07, 6.45) is -2.95. The lowest BCUT2D eigenvalue weighted by Gasteiger charge is -2.13. The minimum Gasteiger partial charge on any atom is -0.345 e. The van der Waals surface area contributed by atoms with E-state index in [0.29, 0.717) is 21.7 Å². The van der Waals surface area contributed by atoms with E-state index in [2.05, 4.69) is 15.4 Å². The number of rotatable bonds is 3. The van der Waals surface area contributed by atoms with Crippen LogP contribution in [0.4, 0.5) is 13.2 Å². The van der Waals surface area contributed by atoms with Crippen LogP contribution in [0, 0.1) is 0 Å². The van der Waals surface area contributed by atoms with E-state index in [0.717, 1.165) is 6.07 Å². The summed E-state index contributed by atoms with van der Waals surface area (Å²) < 4.78 is 39.6. The Hall–Kier alpha value is -2.61. The second kappa shape index (κ2) is 6.60. The zero-order chi connectivity index (χ0) is 19.1. The van der Waals surface area contributed by atoms with Crippen LogP contribution >= 0.6 is 11.6 Å². The van der Waals surface area contributed by atoms with Crippen molar-refractivity contribution in [2.24, 2.45) is 7.05 Å². The molecule has 0 aliphatic heterocycles. The Morgan fingerprint density at radius 3 is 2.62 bits per heavy atom. The molecule has 1 amide bonds. The average Bonchev–Trinajstić information content (AvgIpc) is 2.92. The number of alkyl halides is 3. The Balaban J connectivity index is 1.83. The van der Waals surface area contributed by atoms with Gasteiger partial charge in [0, 0.05) is 23.6 Å². The number of hydrogen-bond acceptors (Lipinski definition) is 3. The van der Waals surface area contributed by atoms with Crippen LogP contribution in [-0.4, -0.2) is 20.7 Å². The van der Waals surface area contributed by atoms with Crippen LogP contribution in [0.3, 0.4) is 0 Å². The van der Waals surface area contributed by atoms with Crippen molar-refractivity contribution >= 4 is 28.4 Å². The molecule has 0 aliphatic carbocycles. The highest BCUT2D eigenvalue weighted by Gasteiger charge is 2.32. The predicted molar refractivity (Wildman–Crippen MR) is 90.8 cm³/mol. The van der Waals surface area contributed by atoms with Gasteiger partial charge in [0.05, 0.1) is 17.8 Å². The van der Waals surface area contributed by atoms with Crippen molar-refractivity contribution < 1.29 is 18.0 Å². The van der Waals surface area contributed by atoms with Gasteiger partial charge in [-0.3, -0.25) is 9.48 Å². The molecule has 1 N–H and O–H groups in total. The fourth-order valence-corrected chi connectivity index (χ4v) is 2.77. The van der Waals surface area contributed by atoms with Crippen molar-refractivity contribution in [3.8, 4) is 0 Å². The summed E-state index contributed by atoms with van der Waals surface area (Å²) in [5.74, 6) is -0.376. The Bertz CT molecular complexity index is 984.